The van der Waals surface area contributed by atoms with Gasteiger partial charge in [-0.05, 0) is 20.8 Å². The zero-order valence-corrected chi connectivity index (χ0v) is 9.16. The van der Waals surface area contributed by atoms with Crippen LogP contribution in [0.2, 0.25) is 0 Å². The van der Waals surface area contributed by atoms with Crippen LogP contribution in [0.15, 0.2) is 11.1 Å². The minimum Gasteiger partial charge on any atom is -0.478 e. The van der Waals surface area contributed by atoms with Crippen LogP contribution in [-0.4, -0.2) is 32.2 Å². The number of carboxylic acid groups (broad SMARTS) is 1. The van der Waals surface area contributed by atoms with Crippen molar-refractivity contribution in [2.75, 3.05) is 5.32 Å². The molecule has 0 aliphatic rings. The number of carbonyl (C=O) groups is 2. The molecule has 86 valence electrons. The van der Waals surface area contributed by atoms with Crippen molar-refractivity contribution in [3.63, 3.8) is 0 Å². The number of nitrogens with one attached hydrogen (secondary N) is 2. The Kier molecular flexibility index (Phi) is 3.39. The number of amides is 1. The fraction of sp³-hybridized carbons (Fsp3) is 0.333. The molecule has 0 atom stereocenters. The third-order valence-corrected chi connectivity index (χ3v) is 2.05. The number of aryl methyl sites for hydroxylation is 1. The van der Waals surface area contributed by atoms with Gasteiger partial charge in [-0.2, -0.15) is 4.98 Å². The molecular formula is C9H12N4O3. The first kappa shape index (κ1) is 11.9. The lowest BCUT2D eigenvalue weighted by atomic mass is 10.1. The summed E-state index contributed by atoms with van der Waals surface area (Å²) < 4.78 is 0. The summed E-state index contributed by atoms with van der Waals surface area (Å²) in [4.78, 5) is 26.0. The second-order valence-electron chi connectivity index (χ2n) is 3.25. The number of anilines is 1. The molecule has 0 radical (unpaired) electrons. The number of nitrogens with zero attached hydrogens (tertiary/aromatic N) is 2. The molecular weight excluding hydrogens is 212 g/mol. The van der Waals surface area contributed by atoms with Crippen molar-refractivity contribution in [1.29, 1.82) is 0 Å². The lowest BCUT2D eigenvalue weighted by molar-refractivity contribution is -0.133. The Morgan fingerprint density at radius 2 is 1.94 bits per heavy atom. The number of aromatic nitrogens is 3. The van der Waals surface area contributed by atoms with Crippen molar-refractivity contribution >= 4 is 17.8 Å². The topological polar surface area (TPSA) is 108 Å². The molecule has 0 unspecified atom stereocenters. The molecule has 1 aromatic heterocycles. The fourth-order valence-electron chi connectivity index (χ4n) is 0.925. The van der Waals surface area contributed by atoms with Gasteiger partial charge in [0.2, 0.25) is 5.95 Å². The van der Waals surface area contributed by atoms with Gasteiger partial charge in [-0.25, -0.2) is 4.79 Å². The highest BCUT2D eigenvalue weighted by Gasteiger charge is 2.14. The number of H-pyrrole nitrogens is 1. The molecule has 1 aromatic rings. The van der Waals surface area contributed by atoms with E-state index < -0.39 is 11.9 Å². The number of hydrogen-bond acceptors (Lipinski definition) is 4. The fourth-order valence-corrected chi connectivity index (χ4v) is 0.925. The average Bonchev–Trinajstić information content (AvgIpc) is 2.61. The van der Waals surface area contributed by atoms with E-state index in [1.54, 1.807) is 6.92 Å². The Labute approximate surface area is 91.6 Å². The normalized spacial score (nSPS) is 11.9. The Balaban J connectivity index is 2.81. The Morgan fingerprint density at radius 1 is 1.31 bits per heavy atom. The molecule has 0 spiro atoms. The average molecular weight is 224 g/mol. The number of aromatic amines is 1. The van der Waals surface area contributed by atoms with E-state index in [0.717, 1.165) is 0 Å². The van der Waals surface area contributed by atoms with Crippen LogP contribution in [0.3, 0.4) is 0 Å². The summed E-state index contributed by atoms with van der Waals surface area (Å²) in [7, 11) is 0. The maximum Gasteiger partial charge on any atom is 0.331 e. The van der Waals surface area contributed by atoms with Crippen LogP contribution in [0.4, 0.5) is 5.95 Å². The molecule has 3 N–H and O–H groups in total. The van der Waals surface area contributed by atoms with Crippen molar-refractivity contribution in [3.8, 4) is 0 Å². The highest BCUT2D eigenvalue weighted by molar-refractivity contribution is 6.07. The predicted molar refractivity (Wildman–Crippen MR) is 55.8 cm³/mol. The second-order valence-corrected chi connectivity index (χ2v) is 3.25. The van der Waals surface area contributed by atoms with Gasteiger partial charge in [0.1, 0.15) is 5.82 Å². The van der Waals surface area contributed by atoms with Crippen LogP contribution in [0.1, 0.15) is 19.7 Å². The number of hydrogen-bond donors (Lipinski definition) is 3. The van der Waals surface area contributed by atoms with Crippen LogP contribution in [0.25, 0.3) is 0 Å². The molecule has 1 heterocycles. The molecule has 0 bridgehead atoms. The van der Waals surface area contributed by atoms with Crippen LogP contribution in [0, 0.1) is 6.92 Å². The molecule has 7 heteroatoms. The summed E-state index contributed by atoms with van der Waals surface area (Å²) in [6.45, 7) is 4.48. The van der Waals surface area contributed by atoms with Gasteiger partial charge in [-0.1, -0.05) is 0 Å². The quantitative estimate of drug-likeness (QED) is 0.647. The van der Waals surface area contributed by atoms with Crippen LogP contribution in [-0.2, 0) is 9.59 Å². The number of rotatable bonds is 3. The van der Waals surface area contributed by atoms with Crippen molar-refractivity contribution in [3.05, 3.63) is 17.0 Å². The standard InChI is InChI=1S/C9H12N4O3/c1-4(5(2)8(15)16)7(14)11-9-10-6(3)12-13-9/h1-3H3,(H,15,16)(H2,10,11,12,13,14). The SMILES string of the molecule is CC(C(=O)O)=C(C)C(=O)Nc1n[nH]c(C)n1. The first-order valence-corrected chi connectivity index (χ1v) is 4.53. The Bertz CT molecular complexity index is 461. The lowest BCUT2D eigenvalue weighted by Crippen LogP contribution is -2.17. The number of aliphatic carboxylic acids is 1. The third-order valence-electron chi connectivity index (χ3n) is 2.05. The van der Waals surface area contributed by atoms with Crippen molar-refractivity contribution in [2.45, 2.75) is 20.8 Å². The third kappa shape index (κ3) is 2.66. The summed E-state index contributed by atoms with van der Waals surface area (Å²) in [5.41, 5.74) is 0.111. The van der Waals surface area contributed by atoms with Gasteiger partial charge in [0, 0.05) is 11.1 Å². The van der Waals surface area contributed by atoms with Gasteiger partial charge in [0.05, 0.1) is 0 Å². The molecule has 1 rings (SSSR count). The van der Waals surface area contributed by atoms with Crippen LogP contribution in [0.5, 0.6) is 0 Å². The van der Waals surface area contributed by atoms with Gasteiger partial charge in [0.25, 0.3) is 5.91 Å². The molecule has 0 aliphatic heterocycles. The van der Waals surface area contributed by atoms with Gasteiger partial charge in [-0.3, -0.25) is 15.2 Å². The number of carboxylic acids is 1. The molecule has 0 fully saturated rings. The summed E-state index contributed by atoms with van der Waals surface area (Å²) in [6.07, 6.45) is 0. The molecule has 7 nitrogen and oxygen atoms in total. The first-order chi connectivity index (χ1) is 7.41. The molecule has 1 amide bonds. The maximum absolute atomic E-state index is 11.5. The Morgan fingerprint density at radius 3 is 2.38 bits per heavy atom. The van der Waals surface area contributed by atoms with Gasteiger partial charge >= 0.3 is 5.97 Å². The summed E-state index contributed by atoms with van der Waals surface area (Å²) >= 11 is 0. The smallest absolute Gasteiger partial charge is 0.331 e. The highest BCUT2D eigenvalue weighted by Crippen LogP contribution is 2.06. The highest BCUT2D eigenvalue weighted by atomic mass is 16.4. The zero-order chi connectivity index (χ0) is 12.3. The second kappa shape index (κ2) is 4.56. The van der Waals surface area contributed by atoms with E-state index in [9.17, 15) is 9.59 Å². The molecule has 0 aromatic carbocycles. The molecule has 0 saturated carbocycles. The first-order valence-electron chi connectivity index (χ1n) is 4.53. The minimum absolute atomic E-state index is 0.00948. The molecule has 16 heavy (non-hydrogen) atoms. The van der Waals surface area contributed by atoms with E-state index in [1.165, 1.54) is 13.8 Å². The summed E-state index contributed by atoms with van der Waals surface area (Å²) in [5, 5.41) is 17.3. The van der Waals surface area contributed by atoms with E-state index in [1.807, 2.05) is 0 Å². The van der Waals surface area contributed by atoms with Crippen molar-refractivity contribution < 1.29 is 14.7 Å². The minimum atomic E-state index is -1.13. The van der Waals surface area contributed by atoms with Crippen molar-refractivity contribution in [1.82, 2.24) is 15.2 Å². The van der Waals surface area contributed by atoms with E-state index in [0.29, 0.717) is 5.82 Å². The summed E-state index contributed by atoms with van der Waals surface area (Å²) in [5.74, 6) is -0.968. The lowest BCUT2D eigenvalue weighted by Gasteiger charge is -2.02. The van der Waals surface area contributed by atoms with E-state index in [2.05, 4.69) is 20.5 Å². The molecule has 0 aliphatic carbocycles. The van der Waals surface area contributed by atoms with Crippen LogP contribution >= 0.6 is 0 Å². The van der Waals surface area contributed by atoms with E-state index in [4.69, 9.17) is 5.11 Å². The van der Waals surface area contributed by atoms with Crippen LogP contribution < -0.4 is 5.32 Å². The largest absolute Gasteiger partial charge is 0.478 e. The van der Waals surface area contributed by atoms with E-state index in [-0.39, 0.29) is 17.1 Å². The zero-order valence-electron chi connectivity index (χ0n) is 9.16. The van der Waals surface area contributed by atoms with Gasteiger partial charge in [0.15, 0.2) is 0 Å². The van der Waals surface area contributed by atoms with Crippen molar-refractivity contribution in [2.24, 2.45) is 0 Å². The van der Waals surface area contributed by atoms with Gasteiger partial charge in [-0.15, -0.1) is 5.10 Å². The maximum atomic E-state index is 11.5. The Hall–Kier alpha value is -2.18. The van der Waals surface area contributed by atoms with Gasteiger partial charge < -0.3 is 5.11 Å². The monoisotopic (exact) mass is 224 g/mol. The number of carbonyl (C=O) groups excluding carboxylic acids is 1. The summed E-state index contributed by atoms with van der Waals surface area (Å²) in [6, 6.07) is 0. The van der Waals surface area contributed by atoms with E-state index >= 15 is 0 Å². The molecule has 0 saturated heterocycles. The predicted octanol–water partition coefficient (Wildman–Crippen LogP) is 0.473.